The first kappa shape index (κ1) is 15.5. The molecule has 0 atom stereocenters. The summed E-state index contributed by atoms with van der Waals surface area (Å²) in [5.41, 5.74) is 4.98. The van der Waals surface area contributed by atoms with Crippen LogP contribution in [0.4, 0.5) is 15.9 Å². The van der Waals surface area contributed by atoms with Crippen LogP contribution < -0.4 is 16.6 Å². The third kappa shape index (κ3) is 3.62. The van der Waals surface area contributed by atoms with Crippen molar-refractivity contribution in [2.24, 2.45) is 0 Å². The zero-order valence-corrected chi connectivity index (χ0v) is 11.9. The van der Waals surface area contributed by atoms with E-state index in [1.54, 1.807) is 0 Å². The van der Waals surface area contributed by atoms with E-state index in [2.05, 4.69) is 15.3 Å². The molecular formula is C13H10FN5O2S. The Morgan fingerprint density at radius 3 is 2.73 bits per heavy atom. The molecule has 4 N–H and O–H groups in total. The smallest absolute Gasteiger partial charge is 0.277 e. The highest BCUT2D eigenvalue weighted by atomic mass is 32.2. The monoisotopic (exact) mass is 319 g/mol. The molecule has 1 heterocycles. The van der Waals surface area contributed by atoms with Crippen LogP contribution in [0.15, 0.2) is 34.2 Å². The third-order valence-corrected chi connectivity index (χ3v) is 3.28. The number of hydrogen-bond acceptors (Lipinski definition) is 6. The van der Waals surface area contributed by atoms with E-state index in [1.807, 2.05) is 6.07 Å². The summed E-state index contributed by atoms with van der Waals surface area (Å²) >= 11 is 1.01. The molecule has 22 heavy (non-hydrogen) atoms. The van der Waals surface area contributed by atoms with Crippen molar-refractivity contribution in [1.82, 2.24) is 9.97 Å². The van der Waals surface area contributed by atoms with Crippen molar-refractivity contribution in [3.63, 3.8) is 0 Å². The van der Waals surface area contributed by atoms with Gasteiger partial charge in [0, 0.05) is 5.56 Å². The maximum absolute atomic E-state index is 12.8. The minimum absolute atomic E-state index is 0.101. The number of H-pyrrole nitrogens is 1. The van der Waals surface area contributed by atoms with E-state index < -0.39 is 17.3 Å². The Morgan fingerprint density at radius 1 is 1.45 bits per heavy atom. The molecule has 0 aliphatic carbocycles. The molecule has 1 aromatic carbocycles. The van der Waals surface area contributed by atoms with Gasteiger partial charge in [0.25, 0.3) is 11.5 Å². The van der Waals surface area contributed by atoms with E-state index in [0.29, 0.717) is 0 Å². The molecule has 1 amide bonds. The second-order valence-electron chi connectivity index (χ2n) is 4.04. The molecule has 9 heteroatoms. The van der Waals surface area contributed by atoms with Crippen molar-refractivity contribution >= 4 is 29.2 Å². The van der Waals surface area contributed by atoms with Crippen LogP contribution in [0.1, 0.15) is 10.4 Å². The van der Waals surface area contributed by atoms with E-state index in [9.17, 15) is 14.0 Å². The number of benzene rings is 1. The number of amides is 1. The fourth-order valence-corrected chi connectivity index (χ4v) is 2.07. The summed E-state index contributed by atoms with van der Waals surface area (Å²) in [5.74, 6) is -1.16. The molecule has 0 aliphatic rings. The summed E-state index contributed by atoms with van der Waals surface area (Å²) in [6, 6.07) is 6.70. The number of rotatable bonds is 4. The van der Waals surface area contributed by atoms with Gasteiger partial charge < -0.3 is 11.1 Å². The number of nitriles is 1. The van der Waals surface area contributed by atoms with Gasteiger partial charge in [-0.2, -0.15) is 5.26 Å². The third-order valence-electron chi connectivity index (χ3n) is 2.54. The van der Waals surface area contributed by atoms with Crippen LogP contribution in [0.3, 0.4) is 0 Å². The van der Waals surface area contributed by atoms with Gasteiger partial charge in [-0.25, -0.2) is 9.37 Å². The Bertz CT molecular complexity index is 798. The zero-order valence-electron chi connectivity index (χ0n) is 11.1. The SMILES string of the molecule is N#CCSc1nc(N)c(NC(=O)c2ccc(F)cc2)c(=O)[nH]1. The highest BCUT2D eigenvalue weighted by Gasteiger charge is 2.14. The van der Waals surface area contributed by atoms with Crippen LogP contribution in [0.2, 0.25) is 0 Å². The molecule has 1 aromatic heterocycles. The normalized spacial score (nSPS) is 10.0. The van der Waals surface area contributed by atoms with Crippen molar-refractivity contribution in [1.29, 1.82) is 5.26 Å². The number of aromatic nitrogens is 2. The molecule has 112 valence electrons. The Balaban J connectivity index is 2.23. The second-order valence-corrected chi connectivity index (χ2v) is 5.00. The molecule has 0 radical (unpaired) electrons. The molecule has 0 unspecified atom stereocenters. The van der Waals surface area contributed by atoms with E-state index in [1.165, 1.54) is 12.1 Å². The highest BCUT2D eigenvalue weighted by Crippen LogP contribution is 2.16. The fourth-order valence-electron chi connectivity index (χ4n) is 1.55. The minimum atomic E-state index is -0.636. The van der Waals surface area contributed by atoms with Crippen LogP contribution >= 0.6 is 11.8 Å². The Labute approximate surface area is 128 Å². The van der Waals surface area contributed by atoms with Crippen molar-refractivity contribution in [3.8, 4) is 6.07 Å². The quantitative estimate of drug-likeness (QED) is 0.577. The first-order chi connectivity index (χ1) is 10.5. The number of aromatic amines is 1. The van der Waals surface area contributed by atoms with E-state index in [4.69, 9.17) is 11.0 Å². The van der Waals surface area contributed by atoms with Crippen molar-refractivity contribution in [2.75, 3.05) is 16.8 Å². The summed E-state index contributed by atoms with van der Waals surface area (Å²) in [6.45, 7) is 0. The van der Waals surface area contributed by atoms with Crippen LogP contribution in [0.25, 0.3) is 0 Å². The molecule has 2 aromatic rings. The Hall–Kier alpha value is -2.86. The van der Waals surface area contributed by atoms with E-state index in [0.717, 1.165) is 23.9 Å². The van der Waals surface area contributed by atoms with Gasteiger partial charge in [-0.05, 0) is 24.3 Å². The topological polar surface area (TPSA) is 125 Å². The lowest BCUT2D eigenvalue weighted by Gasteiger charge is -2.07. The number of nitrogens with one attached hydrogen (secondary N) is 2. The van der Waals surface area contributed by atoms with Gasteiger partial charge >= 0.3 is 0 Å². The maximum atomic E-state index is 12.8. The number of carbonyl (C=O) groups excluding carboxylic acids is 1. The van der Waals surface area contributed by atoms with Crippen LogP contribution in [-0.4, -0.2) is 21.6 Å². The summed E-state index contributed by atoms with van der Waals surface area (Å²) < 4.78 is 12.8. The largest absolute Gasteiger partial charge is 0.382 e. The van der Waals surface area contributed by atoms with Crippen molar-refractivity contribution in [3.05, 3.63) is 46.0 Å². The lowest BCUT2D eigenvalue weighted by Crippen LogP contribution is -2.23. The standard InChI is InChI=1S/C13H10FN5O2S/c14-8-3-1-7(2-4-8)11(20)17-9-10(16)18-13(19-12(9)21)22-6-5-15/h1-4H,6H2,(H,17,20)(H3,16,18,19,21). The second kappa shape index (κ2) is 6.73. The van der Waals surface area contributed by atoms with E-state index >= 15 is 0 Å². The van der Waals surface area contributed by atoms with Gasteiger partial charge in [-0.15, -0.1) is 0 Å². The zero-order chi connectivity index (χ0) is 16.1. The average molecular weight is 319 g/mol. The fraction of sp³-hybridized carbons (Fsp3) is 0.0769. The predicted molar refractivity (Wildman–Crippen MR) is 80.0 cm³/mol. The highest BCUT2D eigenvalue weighted by molar-refractivity contribution is 7.99. The van der Waals surface area contributed by atoms with Gasteiger partial charge in [0.1, 0.15) is 11.5 Å². The van der Waals surface area contributed by atoms with Crippen molar-refractivity contribution in [2.45, 2.75) is 5.16 Å². The lowest BCUT2D eigenvalue weighted by molar-refractivity contribution is 0.102. The number of thioether (sulfide) groups is 1. The minimum Gasteiger partial charge on any atom is -0.382 e. The number of anilines is 2. The molecule has 0 saturated heterocycles. The van der Waals surface area contributed by atoms with Gasteiger partial charge in [0.05, 0.1) is 11.8 Å². The van der Waals surface area contributed by atoms with Gasteiger partial charge in [0.2, 0.25) is 0 Å². The molecule has 0 fully saturated rings. The molecule has 7 nitrogen and oxygen atoms in total. The molecule has 0 aliphatic heterocycles. The summed E-state index contributed by atoms with van der Waals surface area (Å²) in [6.07, 6.45) is 0. The van der Waals surface area contributed by atoms with Crippen LogP contribution in [0, 0.1) is 17.1 Å². The van der Waals surface area contributed by atoms with Crippen LogP contribution in [0.5, 0.6) is 0 Å². The maximum Gasteiger partial charge on any atom is 0.277 e. The van der Waals surface area contributed by atoms with Gasteiger partial charge in [0.15, 0.2) is 11.0 Å². The first-order valence-corrected chi connectivity index (χ1v) is 6.96. The molecule has 0 saturated carbocycles. The molecule has 0 bridgehead atoms. The number of carbonyl (C=O) groups is 1. The lowest BCUT2D eigenvalue weighted by atomic mass is 10.2. The summed E-state index contributed by atoms with van der Waals surface area (Å²) in [4.78, 5) is 30.2. The number of hydrogen-bond donors (Lipinski definition) is 3. The van der Waals surface area contributed by atoms with Crippen LogP contribution in [-0.2, 0) is 0 Å². The summed E-state index contributed by atoms with van der Waals surface area (Å²) in [7, 11) is 0. The van der Waals surface area contributed by atoms with Gasteiger partial charge in [-0.1, -0.05) is 11.8 Å². The Kier molecular flexibility index (Phi) is 4.75. The molecular weight excluding hydrogens is 309 g/mol. The number of halogens is 1. The Morgan fingerprint density at radius 2 is 2.14 bits per heavy atom. The summed E-state index contributed by atoms with van der Waals surface area (Å²) in [5, 5.41) is 11.0. The van der Waals surface area contributed by atoms with E-state index in [-0.39, 0.29) is 28.0 Å². The molecule has 0 spiro atoms. The molecule has 2 rings (SSSR count). The number of nitrogens with zero attached hydrogens (tertiary/aromatic N) is 2. The number of nitrogens with two attached hydrogens (primary N) is 1. The predicted octanol–water partition coefficient (Wildman–Crippen LogP) is 1.36. The number of nitrogen functional groups attached to an aromatic ring is 1. The average Bonchev–Trinajstić information content (AvgIpc) is 2.49. The first-order valence-electron chi connectivity index (χ1n) is 5.97. The van der Waals surface area contributed by atoms with Crippen molar-refractivity contribution < 1.29 is 9.18 Å². The van der Waals surface area contributed by atoms with Gasteiger partial charge in [-0.3, -0.25) is 14.6 Å².